The average Bonchev–Trinajstić information content (AvgIpc) is 2.28. The summed E-state index contributed by atoms with van der Waals surface area (Å²) in [7, 11) is 0. The van der Waals surface area contributed by atoms with E-state index in [1.807, 2.05) is 0 Å². The smallest absolute Gasteiger partial charge is 0.0166 e. The van der Waals surface area contributed by atoms with E-state index in [9.17, 15) is 0 Å². The van der Waals surface area contributed by atoms with E-state index in [4.69, 9.17) is 0 Å². The van der Waals surface area contributed by atoms with Crippen LogP contribution in [0.1, 0.15) is 52.9 Å². The summed E-state index contributed by atoms with van der Waals surface area (Å²) in [6, 6.07) is 0.650. The quantitative estimate of drug-likeness (QED) is 0.718. The highest BCUT2D eigenvalue weighted by molar-refractivity contribution is 4.72. The summed E-state index contributed by atoms with van der Waals surface area (Å²) >= 11 is 0. The average molecular weight is 226 g/mol. The van der Waals surface area contributed by atoms with Crippen molar-refractivity contribution in [2.24, 2.45) is 5.92 Å². The van der Waals surface area contributed by atoms with E-state index in [2.05, 4.69) is 31.0 Å². The molecule has 0 spiro atoms. The minimum absolute atomic E-state index is 0.650. The molecule has 16 heavy (non-hydrogen) atoms. The summed E-state index contributed by atoms with van der Waals surface area (Å²) < 4.78 is 0. The molecule has 1 aliphatic heterocycles. The van der Waals surface area contributed by atoms with E-state index >= 15 is 0 Å². The first kappa shape index (κ1) is 14.0. The van der Waals surface area contributed by atoms with Crippen LogP contribution in [0.3, 0.4) is 0 Å². The Balaban J connectivity index is 2.07. The van der Waals surface area contributed by atoms with Gasteiger partial charge in [-0.3, -0.25) is 0 Å². The van der Waals surface area contributed by atoms with Gasteiger partial charge in [0, 0.05) is 12.6 Å². The molecule has 2 atom stereocenters. The van der Waals surface area contributed by atoms with Crippen LogP contribution in [0, 0.1) is 5.92 Å². The lowest BCUT2D eigenvalue weighted by Gasteiger charge is -2.29. The predicted molar refractivity (Wildman–Crippen MR) is 71.8 cm³/mol. The molecule has 96 valence electrons. The molecule has 2 nitrogen and oxygen atoms in total. The van der Waals surface area contributed by atoms with Crippen LogP contribution in [0.4, 0.5) is 0 Å². The van der Waals surface area contributed by atoms with Crippen LogP contribution < -0.4 is 5.32 Å². The van der Waals surface area contributed by atoms with E-state index in [0.29, 0.717) is 6.04 Å². The Hall–Kier alpha value is -0.0800. The Kier molecular flexibility index (Phi) is 7.06. The first-order valence-corrected chi connectivity index (χ1v) is 7.18. The maximum absolute atomic E-state index is 3.67. The fourth-order valence-corrected chi connectivity index (χ4v) is 2.59. The van der Waals surface area contributed by atoms with Crippen molar-refractivity contribution >= 4 is 0 Å². The first-order valence-electron chi connectivity index (χ1n) is 7.18. The molecule has 1 N–H and O–H groups in total. The van der Waals surface area contributed by atoms with Crippen molar-refractivity contribution in [3.63, 3.8) is 0 Å². The highest BCUT2D eigenvalue weighted by Crippen LogP contribution is 2.09. The first-order chi connectivity index (χ1) is 7.72. The third-order valence-corrected chi connectivity index (χ3v) is 3.58. The van der Waals surface area contributed by atoms with Crippen LogP contribution in [0.5, 0.6) is 0 Å². The molecule has 1 aliphatic rings. The molecule has 0 bridgehead atoms. The SMILES string of the molecule is CCCC(C)CNC(C)CN1CCCCC1. The van der Waals surface area contributed by atoms with Crippen molar-refractivity contribution in [2.75, 3.05) is 26.2 Å². The predicted octanol–water partition coefficient (Wildman–Crippen LogP) is 2.89. The standard InChI is InChI=1S/C14H30N2/c1-4-8-13(2)11-15-14(3)12-16-9-6-5-7-10-16/h13-15H,4-12H2,1-3H3. The number of nitrogens with one attached hydrogen (secondary N) is 1. The molecule has 2 heteroatoms. The largest absolute Gasteiger partial charge is 0.313 e. The Morgan fingerprint density at radius 1 is 1.12 bits per heavy atom. The van der Waals surface area contributed by atoms with Crippen molar-refractivity contribution < 1.29 is 0 Å². The topological polar surface area (TPSA) is 15.3 Å². The van der Waals surface area contributed by atoms with Crippen LogP contribution >= 0.6 is 0 Å². The number of piperidine rings is 1. The van der Waals surface area contributed by atoms with Crippen LogP contribution in [0.25, 0.3) is 0 Å². The van der Waals surface area contributed by atoms with Gasteiger partial charge in [-0.1, -0.05) is 26.7 Å². The van der Waals surface area contributed by atoms with Gasteiger partial charge in [0.05, 0.1) is 0 Å². The normalized spacial score (nSPS) is 21.9. The molecule has 0 aromatic carbocycles. The second-order valence-corrected chi connectivity index (χ2v) is 5.56. The molecule has 0 amide bonds. The van der Waals surface area contributed by atoms with E-state index in [1.54, 1.807) is 0 Å². The molecule has 1 fully saturated rings. The number of hydrogen-bond donors (Lipinski definition) is 1. The maximum Gasteiger partial charge on any atom is 0.0166 e. The second kappa shape index (κ2) is 8.08. The van der Waals surface area contributed by atoms with Crippen molar-refractivity contribution in [1.29, 1.82) is 0 Å². The maximum atomic E-state index is 3.67. The van der Waals surface area contributed by atoms with Gasteiger partial charge in [0.2, 0.25) is 0 Å². The summed E-state index contributed by atoms with van der Waals surface area (Å²) in [5.41, 5.74) is 0. The van der Waals surface area contributed by atoms with Gasteiger partial charge in [-0.05, 0) is 51.7 Å². The highest BCUT2D eigenvalue weighted by Gasteiger charge is 2.13. The summed E-state index contributed by atoms with van der Waals surface area (Å²) in [5, 5.41) is 3.67. The molecule has 1 saturated heterocycles. The van der Waals surface area contributed by atoms with Crippen molar-refractivity contribution in [1.82, 2.24) is 10.2 Å². The van der Waals surface area contributed by atoms with Gasteiger partial charge < -0.3 is 10.2 Å². The number of likely N-dealkylation sites (tertiary alicyclic amines) is 1. The van der Waals surface area contributed by atoms with Crippen LogP contribution in [0.2, 0.25) is 0 Å². The highest BCUT2D eigenvalue weighted by atomic mass is 15.1. The third-order valence-electron chi connectivity index (χ3n) is 3.58. The lowest BCUT2D eigenvalue weighted by atomic mass is 10.1. The van der Waals surface area contributed by atoms with Crippen LogP contribution in [-0.2, 0) is 0 Å². The zero-order chi connectivity index (χ0) is 11.8. The minimum Gasteiger partial charge on any atom is -0.313 e. The number of nitrogens with zero attached hydrogens (tertiary/aromatic N) is 1. The van der Waals surface area contributed by atoms with E-state index < -0.39 is 0 Å². The fourth-order valence-electron chi connectivity index (χ4n) is 2.59. The molecule has 0 aromatic heterocycles. The molecular formula is C14H30N2. The van der Waals surface area contributed by atoms with E-state index in [1.165, 1.54) is 58.3 Å². The molecule has 2 unspecified atom stereocenters. The molecule has 1 rings (SSSR count). The molecule has 1 heterocycles. The van der Waals surface area contributed by atoms with Gasteiger partial charge in [-0.15, -0.1) is 0 Å². The third kappa shape index (κ3) is 5.86. The summed E-state index contributed by atoms with van der Waals surface area (Å²) in [4.78, 5) is 2.62. The van der Waals surface area contributed by atoms with Gasteiger partial charge in [0.15, 0.2) is 0 Å². The lowest BCUT2D eigenvalue weighted by molar-refractivity contribution is 0.207. The van der Waals surface area contributed by atoms with Gasteiger partial charge in [0.25, 0.3) is 0 Å². The number of rotatable bonds is 7. The number of hydrogen-bond acceptors (Lipinski definition) is 2. The summed E-state index contributed by atoms with van der Waals surface area (Å²) in [6.45, 7) is 12.0. The van der Waals surface area contributed by atoms with Gasteiger partial charge in [-0.2, -0.15) is 0 Å². The summed E-state index contributed by atoms with van der Waals surface area (Å²) in [5.74, 6) is 0.828. The Morgan fingerprint density at radius 3 is 2.44 bits per heavy atom. The van der Waals surface area contributed by atoms with Crippen molar-refractivity contribution in [3.8, 4) is 0 Å². The lowest BCUT2D eigenvalue weighted by Crippen LogP contribution is -2.42. The van der Waals surface area contributed by atoms with E-state index in [0.717, 1.165) is 5.92 Å². The minimum atomic E-state index is 0.650. The van der Waals surface area contributed by atoms with E-state index in [-0.39, 0.29) is 0 Å². The van der Waals surface area contributed by atoms with Gasteiger partial charge >= 0.3 is 0 Å². The Morgan fingerprint density at radius 2 is 1.81 bits per heavy atom. The molecule has 0 aliphatic carbocycles. The molecular weight excluding hydrogens is 196 g/mol. The van der Waals surface area contributed by atoms with Crippen molar-refractivity contribution in [3.05, 3.63) is 0 Å². The molecule has 0 saturated carbocycles. The Bertz CT molecular complexity index is 164. The fraction of sp³-hybridized carbons (Fsp3) is 1.00. The van der Waals surface area contributed by atoms with Gasteiger partial charge in [-0.25, -0.2) is 0 Å². The second-order valence-electron chi connectivity index (χ2n) is 5.56. The zero-order valence-electron chi connectivity index (χ0n) is 11.5. The molecule has 0 radical (unpaired) electrons. The van der Waals surface area contributed by atoms with Gasteiger partial charge in [0.1, 0.15) is 0 Å². The Labute approximate surface area is 102 Å². The zero-order valence-corrected chi connectivity index (χ0v) is 11.5. The van der Waals surface area contributed by atoms with Crippen LogP contribution in [-0.4, -0.2) is 37.1 Å². The molecule has 0 aromatic rings. The van der Waals surface area contributed by atoms with Crippen LogP contribution in [0.15, 0.2) is 0 Å². The van der Waals surface area contributed by atoms with Crippen molar-refractivity contribution in [2.45, 2.75) is 58.9 Å². The monoisotopic (exact) mass is 226 g/mol. The summed E-state index contributed by atoms with van der Waals surface area (Å²) in [6.07, 6.45) is 6.90.